The van der Waals surface area contributed by atoms with Crippen LogP contribution in [0.3, 0.4) is 0 Å². The third kappa shape index (κ3) is 1.95. The van der Waals surface area contributed by atoms with Crippen molar-refractivity contribution in [1.82, 2.24) is 0 Å². The quantitative estimate of drug-likeness (QED) is 0.882. The molecule has 1 fully saturated rings. The van der Waals surface area contributed by atoms with Crippen LogP contribution in [0.5, 0.6) is 0 Å². The van der Waals surface area contributed by atoms with E-state index in [1.54, 1.807) is 6.07 Å². The fraction of sp³-hybridized carbons (Fsp3) is 0.462. The first kappa shape index (κ1) is 11.8. The molecule has 1 unspecified atom stereocenters. The Morgan fingerprint density at radius 2 is 2.22 bits per heavy atom. The number of carbonyl (C=O) groups is 1. The van der Waals surface area contributed by atoms with Crippen molar-refractivity contribution >= 4 is 28.9 Å². The Balaban J connectivity index is 1.92. The lowest BCUT2D eigenvalue weighted by atomic mass is 10.1. The number of carbonyl (C=O) groups excluding carboxylic acids is 1. The second-order valence-electron chi connectivity index (χ2n) is 5.11. The summed E-state index contributed by atoms with van der Waals surface area (Å²) >= 11 is 6.23. The molecule has 1 saturated carbocycles. The molecule has 2 N–H and O–H groups in total. The third-order valence-corrected chi connectivity index (χ3v) is 3.86. The first-order chi connectivity index (χ1) is 8.56. The first-order valence-corrected chi connectivity index (χ1v) is 6.47. The molecule has 5 heteroatoms. The SMILES string of the molecule is CN(CC1CC1)c1cc2c(cc1Cl)C(O)C(=O)N2. The van der Waals surface area contributed by atoms with Crippen molar-refractivity contribution in [1.29, 1.82) is 0 Å². The number of amides is 1. The molecule has 0 spiro atoms. The largest absolute Gasteiger partial charge is 0.378 e. The molecule has 96 valence electrons. The molecule has 1 aromatic rings. The van der Waals surface area contributed by atoms with Crippen LogP contribution in [-0.2, 0) is 4.79 Å². The maximum atomic E-state index is 11.4. The van der Waals surface area contributed by atoms with Gasteiger partial charge < -0.3 is 15.3 Å². The molecule has 1 heterocycles. The molecule has 0 radical (unpaired) electrons. The molecule has 0 saturated heterocycles. The molecule has 1 aromatic carbocycles. The van der Waals surface area contributed by atoms with Crippen LogP contribution in [-0.4, -0.2) is 24.6 Å². The zero-order chi connectivity index (χ0) is 12.9. The second kappa shape index (κ2) is 4.14. The Morgan fingerprint density at radius 1 is 1.50 bits per heavy atom. The van der Waals surface area contributed by atoms with E-state index >= 15 is 0 Å². The first-order valence-electron chi connectivity index (χ1n) is 6.10. The number of aliphatic hydroxyl groups excluding tert-OH is 1. The molecular weight excluding hydrogens is 252 g/mol. The third-order valence-electron chi connectivity index (χ3n) is 3.56. The minimum atomic E-state index is -1.10. The van der Waals surface area contributed by atoms with Gasteiger partial charge in [0.1, 0.15) is 0 Å². The summed E-state index contributed by atoms with van der Waals surface area (Å²) in [5.41, 5.74) is 2.12. The van der Waals surface area contributed by atoms with Crippen LogP contribution in [0, 0.1) is 5.92 Å². The summed E-state index contributed by atoms with van der Waals surface area (Å²) in [6, 6.07) is 3.52. The summed E-state index contributed by atoms with van der Waals surface area (Å²) in [6.07, 6.45) is 1.46. The number of hydrogen-bond donors (Lipinski definition) is 2. The summed E-state index contributed by atoms with van der Waals surface area (Å²) in [7, 11) is 2.00. The van der Waals surface area contributed by atoms with Gasteiger partial charge in [0.05, 0.1) is 10.7 Å². The fourth-order valence-electron chi connectivity index (χ4n) is 2.33. The average Bonchev–Trinajstić information content (AvgIpc) is 3.08. The maximum Gasteiger partial charge on any atom is 0.257 e. The van der Waals surface area contributed by atoms with E-state index in [0.717, 1.165) is 18.2 Å². The maximum absolute atomic E-state index is 11.4. The molecule has 0 aromatic heterocycles. The number of nitrogens with one attached hydrogen (secondary N) is 1. The predicted molar refractivity (Wildman–Crippen MR) is 71.0 cm³/mol. The Hall–Kier alpha value is -1.26. The van der Waals surface area contributed by atoms with Gasteiger partial charge in [-0.2, -0.15) is 0 Å². The van der Waals surface area contributed by atoms with Crippen LogP contribution in [0.15, 0.2) is 12.1 Å². The summed E-state index contributed by atoms with van der Waals surface area (Å²) in [6.45, 7) is 0.981. The molecule has 4 nitrogen and oxygen atoms in total. The van der Waals surface area contributed by atoms with E-state index in [0.29, 0.717) is 16.3 Å². The van der Waals surface area contributed by atoms with Gasteiger partial charge in [0.15, 0.2) is 6.10 Å². The second-order valence-corrected chi connectivity index (χ2v) is 5.51. The number of benzene rings is 1. The van der Waals surface area contributed by atoms with Crippen molar-refractivity contribution in [3.8, 4) is 0 Å². The molecule has 2 aliphatic rings. The van der Waals surface area contributed by atoms with E-state index in [1.165, 1.54) is 12.8 Å². The van der Waals surface area contributed by atoms with Crippen molar-refractivity contribution in [2.24, 2.45) is 5.92 Å². The highest BCUT2D eigenvalue weighted by Gasteiger charge is 2.30. The number of rotatable bonds is 3. The van der Waals surface area contributed by atoms with Crippen molar-refractivity contribution in [3.63, 3.8) is 0 Å². The van der Waals surface area contributed by atoms with Crippen LogP contribution < -0.4 is 10.2 Å². The van der Waals surface area contributed by atoms with Crippen molar-refractivity contribution in [2.75, 3.05) is 23.8 Å². The lowest BCUT2D eigenvalue weighted by Crippen LogP contribution is -2.20. The van der Waals surface area contributed by atoms with Gasteiger partial charge in [-0.05, 0) is 30.9 Å². The number of anilines is 2. The number of hydrogen-bond acceptors (Lipinski definition) is 3. The van der Waals surface area contributed by atoms with Crippen LogP contribution in [0.4, 0.5) is 11.4 Å². The Bertz CT molecular complexity index is 514. The van der Waals surface area contributed by atoms with E-state index in [1.807, 2.05) is 13.1 Å². The van der Waals surface area contributed by atoms with Crippen LogP contribution in [0.25, 0.3) is 0 Å². The highest BCUT2D eigenvalue weighted by atomic mass is 35.5. The van der Waals surface area contributed by atoms with Gasteiger partial charge in [-0.15, -0.1) is 0 Å². The monoisotopic (exact) mass is 266 g/mol. The Labute approximate surface area is 111 Å². The minimum Gasteiger partial charge on any atom is -0.378 e. The molecule has 1 atom stereocenters. The molecule has 1 aliphatic carbocycles. The van der Waals surface area contributed by atoms with Gasteiger partial charge in [0.2, 0.25) is 0 Å². The summed E-state index contributed by atoms with van der Waals surface area (Å²) in [4.78, 5) is 13.5. The van der Waals surface area contributed by atoms with Gasteiger partial charge in [0.25, 0.3) is 5.91 Å². The van der Waals surface area contributed by atoms with E-state index in [4.69, 9.17) is 11.6 Å². The van der Waals surface area contributed by atoms with Gasteiger partial charge in [-0.25, -0.2) is 0 Å². The van der Waals surface area contributed by atoms with Gasteiger partial charge in [-0.1, -0.05) is 11.6 Å². The van der Waals surface area contributed by atoms with E-state index < -0.39 is 6.10 Å². The summed E-state index contributed by atoms with van der Waals surface area (Å²) < 4.78 is 0. The number of nitrogens with zero attached hydrogens (tertiary/aromatic N) is 1. The van der Waals surface area contributed by atoms with Gasteiger partial charge >= 0.3 is 0 Å². The van der Waals surface area contributed by atoms with E-state index in [9.17, 15) is 9.90 Å². The number of halogens is 1. The predicted octanol–water partition coefficient (Wildman–Crippen LogP) is 2.17. The van der Waals surface area contributed by atoms with E-state index in [-0.39, 0.29) is 5.91 Å². The smallest absolute Gasteiger partial charge is 0.257 e. The fourth-order valence-corrected chi connectivity index (χ4v) is 2.65. The van der Waals surface area contributed by atoms with E-state index in [2.05, 4.69) is 10.2 Å². The number of aliphatic hydroxyl groups is 1. The average molecular weight is 267 g/mol. The minimum absolute atomic E-state index is 0.386. The molecular formula is C13H15ClN2O2. The topological polar surface area (TPSA) is 52.6 Å². The highest BCUT2D eigenvalue weighted by molar-refractivity contribution is 6.33. The Kier molecular flexibility index (Phi) is 2.72. The Morgan fingerprint density at radius 3 is 2.89 bits per heavy atom. The number of fused-ring (bicyclic) bond motifs is 1. The molecule has 0 bridgehead atoms. The van der Waals surface area contributed by atoms with Crippen LogP contribution >= 0.6 is 11.6 Å². The van der Waals surface area contributed by atoms with Crippen molar-refractivity contribution in [2.45, 2.75) is 18.9 Å². The lowest BCUT2D eigenvalue weighted by Gasteiger charge is -2.21. The van der Waals surface area contributed by atoms with Crippen LogP contribution in [0.1, 0.15) is 24.5 Å². The standard InChI is InChI=1S/C13H15ClN2O2/c1-16(6-7-2-3-7)11-5-10-8(4-9(11)14)12(17)13(18)15-10/h4-5,7,12,17H,2-3,6H2,1H3,(H,15,18). The zero-order valence-electron chi connectivity index (χ0n) is 10.1. The van der Waals surface area contributed by atoms with Crippen LogP contribution in [0.2, 0.25) is 5.02 Å². The highest BCUT2D eigenvalue weighted by Crippen LogP contribution is 2.39. The summed E-state index contributed by atoms with van der Waals surface area (Å²) in [5.74, 6) is 0.377. The van der Waals surface area contributed by atoms with Gasteiger partial charge in [0, 0.05) is 24.8 Å². The summed E-state index contributed by atoms with van der Waals surface area (Å²) in [5, 5.41) is 12.9. The zero-order valence-corrected chi connectivity index (χ0v) is 10.9. The van der Waals surface area contributed by atoms with Crippen molar-refractivity contribution in [3.05, 3.63) is 22.7 Å². The molecule has 1 aliphatic heterocycles. The molecule has 18 heavy (non-hydrogen) atoms. The van der Waals surface area contributed by atoms with Gasteiger partial charge in [-0.3, -0.25) is 4.79 Å². The lowest BCUT2D eigenvalue weighted by molar-refractivity contribution is -0.123. The normalized spacial score (nSPS) is 21.7. The molecule has 1 amide bonds. The van der Waals surface area contributed by atoms with Crippen molar-refractivity contribution < 1.29 is 9.90 Å². The molecule has 3 rings (SSSR count).